The van der Waals surface area contributed by atoms with Crippen LogP contribution < -0.4 is 10.6 Å². The summed E-state index contributed by atoms with van der Waals surface area (Å²) in [6.45, 7) is 6.73. The smallest absolute Gasteiger partial charge is 0.190 e. The fourth-order valence-corrected chi connectivity index (χ4v) is 2.48. The fraction of sp³-hybridized carbons (Fsp3) is 0.562. The van der Waals surface area contributed by atoms with Gasteiger partial charge in [0.1, 0.15) is 0 Å². The molecule has 0 radical (unpaired) electrons. The molecule has 23 heavy (non-hydrogen) atoms. The first-order chi connectivity index (χ1) is 11.1. The first-order valence-electron chi connectivity index (χ1n) is 8.01. The van der Waals surface area contributed by atoms with Crippen LogP contribution in [0.15, 0.2) is 23.5 Å². The predicted molar refractivity (Wildman–Crippen MR) is 92.6 cm³/mol. The van der Waals surface area contributed by atoms with E-state index in [0.717, 1.165) is 44.1 Å². The van der Waals surface area contributed by atoms with Crippen LogP contribution in [-0.2, 0) is 20.0 Å². The molecule has 0 saturated carbocycles. The fourth-order valence-electron chi connectivity index (χ4n) is 2.48. The van der Waals surface area contributed by atoms with Crippen LogP contribution in [0.5, 0.6) is 0 Å². The molecule has 0 fully saturated rings. The van der Waals surface area contributed by atoms with Crippen LogP contribution in [0.1, 0.15) is 23.4 Å². The molecule has 0 amide bonds. The number of aryl methyl sites for hydroxylation is 4. The lowest BCUT2D eigenvalue weighted by molar-refractivity contribution is 0.555. The summed E-state index contributed by atoms with van der Waals surface area (Å²) in [5, 5.41) is 15.3. The number of aromatic nitrogens is 4. The molecule has 2 rings (SSSR count). The van der Waals surface area contributed by atoms with E-state index in [1.165, 1.54) is 11.3 Å². The van der Waals surface area contributed by atoms with Crippen molar-refractivity contribution in [1.82, 2.24) is 30.2 Å². The summed E-state index contributed by atoms with van der Waals surface area (Å²) in [4.78, 5) is 4.24. The minimum atomic E-state index is 0.835. The van der Waals surface area contributed by atoms with Gasteiger partial charge in [-0.05, 0) is 38.3 Å². The Labute approximate surface area is 137 Å². The maximum atomic E-state index is 4.47. The quantitative estimate of drug-likeness (QED) is 0.454. The lowest BCUT2D eigenvalue weighted by Crippen LogP contribution is -2.39. The van der Waals surface area contributed by atoms with Gasteiger partial charge in [-0.1, -0.05) is 0 Å². The minimum Gasteiger partial charge on any atom is -0.356 e. The molecule has 2 aromatic heterocycles. The van der Waals surface area contributed by atoms with Gasteiger partial charge < -0.3 is 10.6 Å². The topological polar surface area (TPSA) is 72.1 Å². The summed E-state index contributed by atoms with van der Waals surface area (Å²) in [5.41, 5.74) is 3.50. The van der Waals surface area contributed by atoms with Crippen molar-refractivity contribution >= 4 is 5.96 Å². The summed E-state index contributed by atoms with van der Waals surface area (Å²) >= 11 is 0. The van der Waals surface area contributed by atoms with Gasteiger partial charge >= 0.3 is 0 Å². The van der Waals surface area contributed by atoms with E-state index in [0.29, 0.717) is 0 Å². The highest BCUT2D eigenvalue weighted by molar-refractivity contribution is 5.79. The highest BCUT2D eigenvalue weighted by Crippen LogP contribution is 2.02. The third-order valence-corrected chi connectivity index (χ3v) is 3.63. The second-order valence-corrected chi connectivity index (χ2v) is 5.70. The summed E-state index contributed by atoms with van der Waals surface area (Å²) in [6.07, 6.45) is 5.87. The normalized spacial score (nSPS) is 11.7. The third kappa shape index (κ3) is 5.43. The van der Waals surface area contributed by atoms with Gasteiger partial charge in [0.05, 0.1) is 11.9 Å². The summed E-state index contributed by atoms with van der Waals surface area (Å²) in [5.74, 6) is 0.835. The summed E-state index contributed by atoms with van der Waals surface area (Å²) in [6, 6.07) is 2.10. The van der Waals surface area contributed by atoms with Crippen LogP contribution in [0.4, 0.5) is 0 Å². The van der Waals surface area contributed by atoms with Crippen LogP contribution in [0.25, 0.3) is 0 Å². The predicted octanol–water partition coefficient (Wildman–Crippen LogP) is 1.03. The molecule has 0 aliphatic rings. The van der Waals surface area contributed by atoms with Crippen molar-refractivity contribution in [2.24, 2.45) is 12.0 Å². The van der Waals surface area contributed by atoms with Gasteiger partial charge in [0.15, 0.2) is 5.96 Å². The lowest BCUT2D eigenvalue weighted by Gasteiger charge is -2.11. The van der Waals surface area contributed by atoms with Crippen LogP contribution in [0.3, 0.4) is 0 Å². The molecule has 2 N–H and O–H groups in total. The molecule has 126 valence electrons. The molecule has 7 heteroatoms. The van der Waals surface area contributed by atoms with E-state index in [9.17, 15) is 0 Å². The largest absolute Gasteiger partial charge is 0.356 e. The Kier molecular flexibility index (Phi) is 6.19. The zero-order chi connectivity index (χ0) is 16.7. The Bertz CT molecular complexity index is 639. The Morgan fingerprint density at radius 2 is 2.04 bits per heavy atom. The van der Waals surface area contributed by atoms with Crippen LogP contribution in [-0.4, -0.2) is 45.7 Å². The van der Waals surface area contributed by atoms with Gasteiger partial charge in [0.2, 0.25) is 0 Å². The molecule has 0 aliphatic heterocycles. The Balaban J connectivity index is 1.64. The molecule has 0 aromatic carbocycles. The van der Waals surface area contributed by atoms with Gasteiger partial charge in [-0.15, -0.1) is 0 Å². The third-order valence-electron chi connectivity index (χ3n) is 3.63. The minimum absolute atomic E-state index is 0.835. The van der Waals surface area contributed by atoms with Crippen LogP contribution in [0.2, 0.25) is 0 Å². The zero-order valence-corrected chi connectivity index (χ0v) is 14.5. The molecule has 0 aliphatic carbocycles. The van der Waals surface area contributed by atoms with Gasteiger partial charge in [0.25, 0.3) is 0 Å². The van der Waals surface area contributed by atoms with E-state index >= 15 is 0 Å². The number of nitrogens with zero attached hydrogens (tertiary/aromatic N) is 5. The molecule has 7 nitrogen and oxygen atoms in total. The van der Waals surface area contributed by atoms with Gasteiger partial charge in [-0.2, -0.15) is 10.2 Å². The molecule has 0 bridgehead atoms. The summed E-state index contributed by atoms with van der Waals surface area (Å²) in [7, 11) is 3.72. The maximum Gasteiger partial charge on any atom is 0.190 e. The van der Waals surface area contributed by atoms with Crippen molar-refractivity contribution in [1.29, 1.82) is 0 Å². The second-order valence-electron chi connectivity index (χ2n) is 5.70. The number of hydrogen-bond donors (Lipinski definition) is 2. The van der Waals surface area contributed by atoms with E-state index < -0.39 is 0 Å². The van der Waals surface area contributed by atoms with Crippen LogP contribution >= 0.6 is 0 Å². The van der Waals surface area contributed by atoms with Crippen molar-refractivity contribution in [2.75, 3.05) is 20.1 Å². The van der Waals surface area contributed by atoms with Gasteiger partial charge in [-0.3, -0.25) is 14.4 Å². The van der Waals surface area contributed by atoms with Gasteiger partial charge in [-0.25, -0.2) is 0 Å². The lowest BCUT2D eigenvalue weighted by atomic mass is 10.2. The summed E-state index contributed by atoms with van der Waals surface area (Å²) < 4.78 is 3.87. The van der Waals surface area contributed by atoms with E-state index in [4.69, 9.17) is 0 Å². The van der Waals surface area contributed by atoms with Crippen molar-refractivity contribution < 1.29 is 0 Å². The van der Waals surface area contributed by atoms with E-state index in [1.807, 2.05) is 31.0 Å². The number of nitrogens with one attached hydrogen (secondary N) is 2. The first-order valence-corrected chi connectivity index (χ1v) is 8.01. The zero-order valence-electron chi connectivity index (χ0n) is 14.5. The standard InChI is InChI=1S/C16H27N7/c1-13-10-14(2)23(21-13)9-5-7-18-16(17-3)19-8-6-15-11-20-22(4)12-15/h10-12H,5-9H2,1-4H3,(H2,17,18,19). The second kappa shape index (κ2) is 8.36. The number of hydrogen-bond acceptors (Lipinski definition) is 3. The van der Waals surface area contributed by atoms with E-state index in [2.05, 4.69) is 43.5 Å². The van der Waals surface area contributed by atoms with E-state index in [-0.39, 0.29) is 0 Å². The average Bonchev–Trinajstić information content (AvgIpc) is 3.07. The van der Waals surface area contributed by atoms with Gasteiger partial charge in [0, 0.05) is 45.6 Å². The Hall–Kier alpha value is -2.31. The number of rotatable bonds is 7. The first kappa shape index (κ1) is 17.1. The van der Waals surface area contributed by atoms with Crippen molar-refractivity contribution in [3.05, 3.63) is 35.4 Å². The van der Waals surface area contributed by atoms with Crippen molar-refractivity contribution in [3.8, 4) is 0 Å². The van der Waals surface area contributed by atoms with Crippen molar-refractivity contribution in [2.45, 2.75) is 33.2 Å². The number of guanidine groups is 1. The molecular formula is C16H27N7. The molecular weight excluding hydrogens is 290 g/mol. The maximum absolute atomic E-state index is 4.47. The molecule has 0 atom stereocenters. The van der Waals surface area contributed by atoms with E-state index in [1.54, 1.807) is 7.05 Å². The van der Waals surface area contributed by atoms with Crippen molar-refractivity contribution in [3.63, 3.8) is 0 Å². The average molecular weight is 317 g/mol. The Morgan fingerprint density at radius 3 is 2.65 bits per heavy atom. The van der Waals surface area contributed by atoms with Crippen LogP contribution in [0, 0.1) is 13.8 Å². The molecule has 0 spiro atoms. The highest BCUT2D eigenvalue weighted by Gasteiger charge is 2.02. The molecule has 0 unspecified atom stereocenters. The number of aliphatic imine (C=N–C) groups is 1. The molecule has 0 saturated heterocycles. The SMILES string of the molecule is CN=C(NCCCn1nc(C)cc1C)NCCc1cnn(C)c1. The highest BCUT2D eigenvalue weighted by atomic mass is 15.3. The molecule has 2 aromatic rings. The molecule has 2 heterocycles. The monoisotopic (exact) mass is 317 g/mol. The Morgan fingerprint density at radius 1 is 1.26 bits per heavy atom.